The first-order chi connectivity index (χ1) is 7.41. The molecule has 0 amide bonds. The fourth-order valence-electron chi connectivity index (χ4n) is 1.43. The van der Waals surface area contributed by atoms with Crippen molar-refractivity contribution in [3.8, 4) is 0 Å². The summed E-state index contributed by atoms with van der Waals surface area (Å²) in [6, 6.07) is 4.75. The number of hydrogen-bond donors (Lipinski definition) is 0. The summed E-state index contributed by atoms with van der Waals surface area (Å²) >= 11 is 1.25. The molecule has 1 rings (SSSR count). The van der Waals surface area contributed by atoms with Crippen LogP contribution in [0.1, 0.15) is 6.92 Å². The van der Waals surface area contributed by atoms with E-state index in [1.807, 2.05) is 0 Å². The van der Waals surface area contributed by atoms with Gasteiger partial charge in [-0.25, -0.2) is 12.8 Å². The van der Waals surface area contributed by atoms with Gasteiger partial charge in [0.25, 0.3) is 0 Å². The van der Waals surface area contributed by atoms with E-state index in [4.69, 9.17) is 0 Å². The van der Waals surface area contributed by atoms with E-state index in [0.717, 1.165) is 10.6 Å². The minimum Gasteiger partial charge on any atom is -0.268 e. The number of nitrogens with zero attached hydrogens (tertiary/aromatic N) is 1. The third-order valence-electron chi connectivity index (χ3n) is 2.12. The number of sulfonamides is 1. The molecule has 6 heteroatoms. The molecule has 0 saturated carbocycles. The highest BCUT2D eigenvalue weighted by Crippen LogP contribution is 2.28. The van der Waals surface area contributed by atoms with Gasteiger partial charge in [-0.1, -0.05) is 6.07 Å². The van der Waals surface area contributed by atoms with E-state index in [2.05, 4.69) is 0 Å². The van der Waals surface area contributed by atoms with E-state index in [9.17, 15) is 12.8 Å². The van der Waals surface area contributed by atoms with Crippen LogP contribution in [0.2, 0.25) is 0 Å². The van der Waals surface area contributed by atoms with Gasteiger partial charge in [0.1, 0.15) is 0 Å². The average molecular weight is 263 g/mol. The van der Waals surface area contributed by atoms with Crippen LogP contribution in [-0.4, -0.2) is 27.5 Å². The molecule has 0 aliphatic rings. The van der Waals surface area contributed by atoms with Gasteiger partial charge >= 0.3 is 0 Å². The topological polar surface area (TPSA) is 37.4 Å². The van der Waals surface area contributed by atoms with E-state index < -0.39 is 15.8 Å². The van der Waals surface area contributed by atoms with Crippen LogP contribution in [0.25, 0.3) is 0 Å². The first-order valence-electron chi connectivity index (χ1n) is 4.72. The molecule has 3 nitrogen and oxygen atoms in total. The smallest absolute Gasteiger partial charge is 0.232 e. The second-order valence-electron chi connectivity index (χ2n) is 3.22. The predicted octanol–water partition coefficient (Wildman–Crippen LogP) is 2.33. The minimum atomic E-state index is -3.43. The molecule has 0 N–H and O–H groups in total. The second-order valence-corrected chi connectivity index (χ2v) is 5.98. The number of halogens is 1. The molecule has 1 aromatic rings. The summed E-state index contributed by atoms with van der Waals surface area (Å²) in [6.07, 6.45) is 2.82. The number of thioether (sulfide) groups is 1. The number of hydrogen-bond acceptors (Lipinski definition) is 3. The van der Waals surface area contributed by atoms with E-state index in [1.165, 1.54) is 17.8 Å². The van der Waals surface area contributed by atoms with E-state index in [0.29, 0.717) is 4.90 Å². The maximum Gasteiger partial charge on any atom is 0.232 e. The Balaban J connectivity index is 3.32. The Kier molecular flexibility index (Phi) is 4.21. The zero-order valence-corrected chi connectivity index (χ0v) is 11.0. The molecular weight excluding hydrogens is 249 g/mol. The van der Waals surface area contributed by atoms with Gasteiger partial charge < -0.3 is 0 Å². The standard InChI is InChI=1S/C10H14FNO2S2/c1-4-12(16(3,13)14)8-6-5-7-9(15-2)10(8)11/h5-7H,4H2,1-3H3. The van der Waals surface area contributed by atoms with Crippen molar-refractivity contribution < 1.29 is 12.8 Å². The van der Waals surface area contributed by atoms with Crippen LogP contribution in [-0.2, 0) is 10.0 Å². The molecule has 0 aromatic heterocycles. The fourth-order valence-corrected chi connectivity index (χ4v) is 2.90. The van der Waals surface area contributed by atoms with Crippen molar-refractivity contribution in [1.29, 1.82) is 0 Å². The molecule has 0 aliphatic carbocycles. The van der Waals surface area contributed by atoms with Crippen LogP contribution in [0, 0.1) is 5.82 Å². The molecule has 0 spiro atoms. The maximum absolute atomic E-state index is 13.9. The Hall–Kier alpha value is -0.750. The normalized spacial score (nSPS) is 11.5. The molecule has 0 bridgehead atoms. The first-order valence-corrected chi connectivity index (χ1v) is 7.79. The van der Waals surface area contributed by atoms with Crippen molar-refractivity contribution in [2.45, 2.75) is 11.8 Å². The summed E-state index contributed by atoms with van der Waals surface area (Å²) in [5, 5.41) is 0. The Morgan fingerprint density at radius 3 is 2.50 bits per heavy atom. The Labute approximate surface area is 99.7 Å². The SMILES string of the molecule is CCN(c1cccc(SC)c1F)S(C)(=O)=O. The molecule has 0 heterocycles. The Bertz CT molecular complexity index is 474. The van der Waals surface area contributed by atoms with Gasteiger partial charge in [-0.3, -0.25) is 4.31 Å². The monoisotopic (exact) mass is 263 g/mol. The van der Waals surface area contributed by atoms with Crippen molar-refractivity contribution in [2.24, 2.45) is 0 Å². The molecule has 0 saturated heterocycles. The summed E-state index contributed by atoms with van der Waals surface area (Å²) in [7, 11) is -3.43. The average Bonchev–Trinajstić information content (AvgIpc) is 2.19. The summed E-state index contributed by atoms with van der Waals surface area (Å²) < 4.78 is 37.9. The molecule has 16 heavy (non-hydrogen) atoms. The zero-order valence-electron chi connectivity index (χ0n) is 9.40. The third kappa shape index (κ3) is 2.68. The number of rotatable bonds is 4. The highest BCUT2D eigenvalue weighted by Gasteiger charge is 2.20. The minimum absolute atomic E-state index is 0.108. The molecule has 0 fully saturated rings. The van der Waals surface area contributed by atoms with E-state index >= 15 is 0 Å². The maximum atomic E-state index is 13.9. The highest BCUT2D eigenvalue weighted by molar-refractivity contribution is 7.98. The summed E-state index contributed by atoms with van der Waals surface area (Å²) in [5.41, 5.74) is 0.108. The largest absolute Gasteiger partial charge is 0.268 e. The van der Waals surface area contributed by atoms with Gasteiger partial charge in [0.2, 0.25) is 10.0 Å². The van der Waals surface area contributed by atoms with Crippen molar-refractivity contribution >= 4 is 27.5 Å². The Morgan fingerprint density at radius 2 is 2.06 bits per heavy atom. The summed E-state index contributed by atoms with van der Waals surface area (Å²) in [5.74, 6) is -0.484. The van der Waals surface area contributed by atoms with Gasteiger partial charge in [-0.05, 0) is 25.3 Å². The number of benzene rings is 1. The summed E-state index contributed by atoms with van der Waals surface area (Å²) in [6.45, 7) is 1.89. The first kappa shape index (κ1) is 13.3. The molecule has 0 unspecified atom stereocenters. The highest BCUT2D eigenvalue weighted by atomic mass is 32.2. The molecule has 0 atom stereocenters. The van der Waals surface area contributed by atoms with E-state index in [1.54, 1.807) is 25.3 Å². The lowest BCUT2D eigenvalue weighted by molar-refractivity contribution is 0.585. The van der Waals surface area contributed by atoms with Crippen LogP contribution in [0.15, 0.2) is 23.1 Å². The van der Waals surface area contributed by atoms with Gasteiger partial charge in [0.05, 0.1) is 11.9 Å². The lowest BCUT2D eigenvalue weighted by Crippen LogP contribution is -2.30. The lowest BCUT2D eigenvalue weighted by Gasteiger charge is -2.21. The van der Waals surface area contributed by atoms with Crippen LogP contribution >= 0.6 is 11.8 Å². The van der Waals surface area contributed by atoms with Crippen molar-refractivity contribution in [2.75, 3.05) is 23.4 Å². The third-order valence-corrected chi connectivity index (χ3v) is 4.13. The quantitative estimate of drug-likeness (QED) is 0.782. The van der Waals surface area contributed by atoms with Crippen molar-refractivity contribution in [3.63, 3.8) is 0 Å². The molecule has 90 valence electrons. The Morgan fingerprint density at radius 1 is 1.44 bits per heavy atom. The molecular formula is C10H14FNO2S2. The van der Waals surface area contributed by atoms with Gasteiger partial charge in [0.15, 0.2) is 5.82 Å². The van der Waals surface area contributed by atoms with Gasteiger partial charge in [-0.2, -0.15) is 0 Å². The van der Waals surface area contributed by atoms with Crippen LogP contribution in [0.3, 0.4) is 0 Å². The van der Waals surface area contributed by atoms with E-state index in [-0.39, 0.29) is 12.2 Å². The molecule has 1 aromatic carbocycles. The molecule has 0 aliphatic heterocycles. The lowest BCUT2D eigenvalue weighted by atomic mass is 10.3. The van der Waals surface area contributed by atoms with Crippen molar-refractivity contribution in [3.05, 3.63) is 24.0 Å². The second kappa shape index (κ2) is 5.05. The zero-order chi connectivity index (χ0) is 12.3. The van der Waals surface area contributed by atoms with Gasteiger partial charge in [0, 0.05) is 11.4 Å². The fraction of sp³-hybridized carbons (Fsp3) is 0.400. The van der Waals surface area contributed by atoms with Crippen molar-refractivity contribution in [1.82, 2.24) is 0 Å². The number of anilines is 1. The summed E-state index contributed by atoms with van der Waals surface area (Å²) in [4.78, 5) is 0.444. The van der Waals surface area contributed by atoms with Crippen LogP contribution in [0.4, 0.5) is 10.1 Å². The van der Waals surface area contributed by atoms with Crippen LogP contribution in [0.5, 0.6) is 0 Å². The van der Waals surface area contributed by atoms with Gasteiger partial charge in [-0.15, -0.1) is 11.8 Å². The van der Waals surface area contributed by atoms with Crippen LogP contribution < -0.4 is 4.31 Å². The predicted molar refractivity (Wildman–Crippen MR) is 66.0 cm³/mol. The molecule has 0 radical (unpaired) electrons.